The molecule has 3 heteroatoms. The van der Waals surface area contributed by atoms with Crippen LogP contribution in [0.5, 0.6) is 0 Å². The van der Waals surface area contributed by atoms with Gasteiger partial charge in [-0.3, -0.25) is 0 Å². The minimum atomic E-state index is 1.11. The third-order valence-electron chi connectivity index (χ3n) is 9.74. The Morgan fingerprint density at radius 3 is 1.94 bits per heavy atom. The molecule has 10 rings (SSSR count). The van der Waals surface area contributed by atoms with Gasteiger partial charge in [-0.05, 0) is 94.7 Å². The van der Waals surface area contributed by atoms with Crippen molar-refractivity contribution in [3.63, 3.8) is 0 Å². The van der Waals surface area contributed by atoms with Crippen molar-refractivity contribution in [2.24, 2.45) is 0 Å². The average Bonchev–Trinajstić information content (AvgIpc) is 3.69. The lowest BCUT2D eigenvalue weighted by Gasteiger charge is -2.26. The van der Waals surface area contributed by atoms with Gasteiger partial charge < -0.3 is 9.47 Å². The van der Waals surface area contributed by atoms with Gasteiger partial charge in [-0.25, -0.2) is 0 Å². The number of benzene rings is 8. The van der Waals surface area contributed by atoms with E-state index in [-0.39, 0.29) is 0 Å². The lowest BCUT2D eigenvalue weighted by atomic mass is 10.0. The lowest BCUT2D eigenvalue weighted by molar-refractivity contribution is 1.17. The number of thiophene rings is 1. The predicted molar refractivity (Wildman–Crippen MR) is 211 cm³/mol. The van der Waals surface area contributed by atoms with Gasteiger partial charge in [0.15, 0.2) is 0 Å². The van der Waals surface area contributed by atoms with Crippen LogP contribution >= 0.6 is 11.3 Å². The fraction of sp³-hybridized carbons (Fsp3) is 0. The van der Waals surface area contributed by atoms with E-state index in [1.54, 1.807) is 0 Å². The van der Waals surface area contributed by atoms with Crippen molar-refractivity contribution in [3.05, 3.63) is 182 Å². The summed E-state index contributed by atoms with van der Waals surface area (Å²) in [7, 11) is 0. The van der Waals surface area contributed by atoms with Crippen LogP contribution in [0, 0.1) is 0 Å². The summed E-state index contributed by atoms with van der Waals surface area (Å²) in [6.45, 7) is 0. The van der Waals surface area contributed by atoms with Gasteiger partial charge in [-0.1, -0.05) is 109 Å². The van der Waals surface area contributed by atoms with E-state index in [1.807, 2.05) is 11.3 Å². The molecule has 0 N–H and O–H groups in total. The van der Waals surface area contributed by atoms with Gasteiger partial charge in [0, 0.05) is 53.7 Å². The Hall–Kier alpha value is -6.16. The van der Waals surface area contributed by atoms with E-state index >= 15 is 0 Å². The van der Waals surface area contributed by atoms with Crippen molar-refractivity contribution < 1.29 is 0 Å². The van der Waals surface area contributed by atoms with Gasteiger partial charge in [0.1, 0.15) is 0 Å². The van der Waals surface area contributed by atoms with Crippen molar-refractivity contribution >= 4 is 81.1 Å². The Balaban J connectivity index is 1.12. The number of anilines is 3. The summed E-state index contributed by atoms with van der Waals surface area (Å²) in [5.41, 5.74) is 9.33. The van der Waals surface area contributed by atoms with Gasteiger partial charge in [0.25, 0.3) is 0 Å². The molecule has 0 atom stereocenters. The average molecular weight is 643 g/mol. The summed E-state index contributed by atoms with van der Waals surface area (Å²) < 4.78 is 5.07. The topological polar surface area (TPSA) is 8.17 Å². The first-order valence-electron chi connectivity index (χ1n) is 16.7. The molecule has 49 heavy (non-hydrogen) atoms. The van der Waals surface area contributed by atoms with Crippen LogP contribution < -0.4 is 4.90 Å². The molecule has 230 valence electrons. The summed E-state index contributed by atoms with van der Waals surface area (Å²) in [6.07, 6.45) is 0. The molecule has 0 unspecified atom stereocenters. The highest BCUT2D eigenvalue weighted by molar-refractivity contribution is 7.25. The zero-order chi connectivity index (χ0) is 32.3. The normalized spacial score (nSPS) is 11.7. The summed E-state index contributed by atoms with van der Waals surface area (Å²) >= 11 is 1.87. The molecule has 0 fully saturated rings. The zero-order valence-electron chi connectivity index (χ0n) is 26.6. The highest BCUT2D eigenvalue weighted by Gasteiger charge is 2.18. The number of rotatable bonds is 5. The molecule has 0 radical (unpaired) electrons. The highest BCUT2D eigenvalue weighted by Crippen LogP contribution is 2.42. The first-order chi connectivity index (χ1) is 24.3. The molecule has 0 saturated heterocycles. The second kappa shape index (κ2) is 11.2. The first kappa shape index (κ1) is 27.9. The predicted octanol–water partition coefficient (Wildman–Crippen LogP) is 13.4. The molecule has 10 aromatic rings. The Morgan fingerprint density at radius 2 is 1.06 bits per heavy atom. The summed E-state index contributed by atoms with van der Waals surface area (Å²) in [4.78, 5) is 2.35. The molecule has 0 saturated carbocycles. The van der Waals surface area contributed by atoms with Crippen molar-refractivity contribution in [1.82, 2.24) is 4.57 Å². The van der Waals surface area contributed by atoms with E-state index in [2.05, 4.69) is 191 Å². The van der Waals surface area contributed by atoms with E-state index in [0.717, 1.165) is 22.7 Å². The summed E-state index contributed by atoms with van der Waals surface area (Å²) in [5.74, 6) is 0. The SMILES string of the molecule is c1ccc(N(c2ccc(-c3ccc4ccccc4c3)cc2)c2cccc(-n3c4ccccc4c4cc5c(cc43)sc3ccccc35)c2)cc1. The maximum Gasteiger partial charge on any atom is 0.0555 e. The second-order valence-electron chi connectivity index (χ2n) is 12.6. The molecule has 0 aliphatic heterocycles. The molecule has 0 bridgehead atoms. The fourth-order valence-electron chi connectivity index (χ4n) is 7.43. The molecule has 0 aliphatic rings. The van der Waals surface area contributed by atoms with Gasteiger partial charge in [0.05, 0.1) is 11.0 Å². The van der Waals surface area contributed by atoms with E-state index in [0.29, 0.717) is 0 Å². The summed E-state index contributed by atoms with van der Waals surface area (Å²) in [6, 6.07) is 66.2. The third kappa shape index (κ3) is 4.62. The molecule has 0 spiro atoms. The first-order valence-corrected chi connectivity index (χ1v) is 17.5. The van der Waals surface area contributed by atoms with E-state index in [4.69, 9.17) is 0 Å². The Morgan fingerprint density at radius 1 is 0.367 bits per heavy atom. The standard InChI is InChI=1S/C46H30N2S/c1-2-13-35(14-3-1)47(36-25-23-32(24-26-36)34-22-21-31-11-4-5-12-33(31)27-34)37-15-10-16-38(28-37)48-43-19-8-6-17-39(43)41-29-42-40-18-7-9-20-45(40)49-46(42)30-44(41)48/h1-30H. The smallest absolute Gasteiger partial charge is 0.0555 e. The largest absolute Gasteiger partial charge is 0.310 e. The molecule has 2 nitrogen and oxygen atoms in total. The maximum atomic E-state index is 2.43. The minimum Gasteiger partial charge on any atom is -0.310 e. The number of hydrogen-bond donors (Lipinski definition) is 0. The van der Waals surface area contributed by atoms with Crippen LogP contribution in [0.15, 0.2) is 182 Å². The van der Waals surface area contributed by atoms with Crippen LogP contribution in [0.25, 0.3) is 69.6 Å². The number of para-hydroxylation sites is 2. The monoisotopic (exact) mass is 642 g/mol. The van der Waals surface area contributed by atoms with Gasteiger partial charge in [0.2, 0.25) is 0 Å². The second-order valence-corrected chi connectivity index (χ2v) is 13.7. The number of fused-ring (bicyclic) bond motifs is 7. The van der Waals surface area contributed by atoms with Crippen molar-refractivity contribution in [2.75, 3.05) is 4.90 Å². The van der Waals surface area contributed by atoms with E-state index in [1.165, 1.54) is 63.9 Å². The molecule has 8 aromatic carbocycles. The number of nitrogens with zero attached hydrogens (tertiary/aromatic N) is 2. The fourth-order valence-corrected chi connectivity index (χ4v) is 8.55. The minimum absolute atomic E-state index is 1.11. The third-order valence-corrected chi connectivity index (χ3v) is 10.9. The number of aromatic nitrogens is 1. The van der Waals surface area contributed by atoms with Crippen LogP contribution in [-0.4, -0.2) is 4.57 Å². The lowest BCUT2D eigenvalue weighted by Crippen LogP contribution is -2.10. The van der Waals surface area contributed by atoms with Crippen molar-refractivity contribution in [3.8, 4) is 16.8 Å². The van der Waals surface area contributed by atoms with Gasteiger partial charge >= 0.3 is 0 Å². The molecule has 0 amide bonds. The van der Waals surface area contributed by atoms with Gasteiger partial charge in [-0.15, -0.1) is 11.3 Å². The van der Waals surface area contributed by atoms with Crippen molar-refractivity contribution in [1.29, 1.82) is 0 Å². The number of hydrogen-bond acceptors (Lipinski definition) is 2. The Labute approximate surface area is 288 Å². The van der Waals surface area contributed by atoms with Crippen LogP contribution in [0.4, 0.5) is 17.1 Å². The van der Waals surface area contributed by atoms with Crippen LogP contribution in [0.2, 0.25) is 0 Å². The Kier molecular flexibility index (Phi) is 6.39. The molecular formula is C46H30N2S. The van der Waals surface area contributed by atoms with E-state index < -0.39 is 0 Å². The molecule has 2 aromatic heterocycles. The zero-order valence-corrected chi connectivity index (χ0v) is 27.4. The molecule has 2 heterocycles. The Bertz CT molecular complexity index is 2830. The highest BCUT2D eigenvalue weighted by atomic mass is 32.1. The van der Waals surface area contributed by atoms with Crippen LogP contribution in [-0.2, 0) is 0 Å². The molecule has 0 aliphatic carbocycles. The maximum absolute atomic E-state index is 2.43. The summed E-state index contributed by atoms with van der Waals surface area (Å²) in [5, 5.41) is 7.71. The van der Waals surface area contributed by atoms with Crippen molar-refractivity contribution in [2.45, 2.75) is 0 Å². The van der Waals surface area contributed by atoms with E-state index in [9.17, 15) is 0 Å². The van der Waals surface area contributed by atoms with Crippen LogP contribution in [0.1, 0.15) is 0 Å². The molecular weight excluding hydrogens is 613 g/mol. The van der Waals surface area contributed by atoms with Crippen LogP contribution in [0.3, 0.4) is 0 Å². The van der Waals surface area contributed by atoms with Gasteiger partial charge in [-0.2, -0.15) is 0 Å². The quantitative estimate of drug-likeness (QED) is 0.181.